The van der Waals surface area contributed by atoms with E-state index in [1.807, 2.05) is 12.1 Å². The molecule has 1 N–H and O–H groups in total. The molecule has 1 aromatic carbocycles. The van der Waals surface area contributed by atoms with Crippen LogP contribution in [-0.4, -0.2) is 74.0 Å². The molecule has 0 aromatic heterocycles. The first kappa shape index (κ1) is 18.5. The summed E-state index contributed by atoms with van der Waals surface area (Å²) >= 11 is 3.37. The summed E-state index contributed by atoms with van der Waals surface area (Å²) in [5.41, 5.74) is 0.639. The van der Waals surface area contributed by atoms with Crippen molar-refractivity contribution >= 4 is 33.4 Å². The van der Waals surface area contributed by atoms with E-state index in [1.165, 1.54) is 4.90 Å². The van der Waals surface area contributed by atoms with Gasteiger partial charge in [-0.05, 0) is 50.8 Å². The number of hydrogen-bond acceptors (Lipinski definition) is 5. The quantitative estimate of drug-likeness (QED) is 0.567. The molecule has 136 valence electrons. The van der Waals surface area contributed by atoms with Gasteiger partial charge >= 0.3 is 0 Å². The molecule has 1 atom stereocenters. The van der Waals surface area contributed by atoms with Crippen LogP contribution in [-0.2, 0) is 9.59 Å². The number of benzene rings is 1. The third-order valence-corrected chi connectivity index (χ3v) is 5.40. The molecule has 6 nitrogen and oxygen atoms in total. The molecule has 2 aliphatic rings. The van der Waals surface area contributed by atoms with Crippen LogP contribution in [0.2, 0.25) is 0 Å². The molecule has 1 aromatic rings. The maximum absolute atomic E-state index is 12.5. The van der Waals surface area contributed by atoms with E-state index in [1.54, 1.807) is 12.1 Å². The number of nitrogens with one attached hydrogen (secondary N) is 1. The second kappa shape index (κ2) is 8.40. The van der Waals surface area contributed by atoms with Gasteiger partial charge in [0.25, 0.3) is 5.91 Å². The van der Waals surface area contributed by atoms with E-state index in [-0.39, 0.29) is 18.2 Å². The summed E-state index contributed by atoms with van der Waals surface area (Å²) in [5.74, 6) is -0.282. The number of likely N-dealkylation sites (N-methyl/N-ethyl adjacent to an activating group) is 1. The van der Waals surface area contributed by atoms with Crippen molar-refractivity contribution in [2.45, 2.75) is 18.9 Å². The molecule has 3 rings (SSSR count). The van der Waals surface area contributed by atoms with Crippen LogP contribution in [0.1, 0.15) is 12.8 Å². The first-order valence-electron chi connectivity index (χ1n) is 8.81. The van der Waals surface area contributed by atoms with E-state index >= 15 is 0 Å². The zero-order valence-corrected chi connectivity index (χ0v) is 16.2. The second-order valence-electron chi connectivity index (χ2n) is 6.75. The average Bonchev–Trinajstić information content (AvgIpc) is 2.88. The SMILES string of the molecule is CN1CCN(CCCN[C@H]2CC(=O)N(c3ccc(Br)cc3)C2=O)CC1. The fraction of sp³-hybridized carbons (Fsp3) is 0.556. The Morgan fingerprint density at radius 2 is 1.80 bits per heavy atom. The Balaban J connectivity index is 1.45. The first-order chi connectivity index (χ1) is 12.0. The average molecular weight is 409 g/mol. The van der Waals surface area contributed by atoms with Crippen LogP contribution in [0.3, 0.4) is 0 Å². The maximum Gasteiger partial charge on any atom is 0.251 e. The van der Waals surface area contributed by atoms with E-state index in [0.29, 0.717) is 5.69 Å². The van der Waals surface area contributed by atoms with E-state index < -0.39 is 6.04 Å². The minimum atomic E-state index is -0.399. The molecule has 2 fully saturated rings. The first-order valence-corrected chi connectivity index (χ1v) is 9.60. The van der Waals surface area contributed by atoms with Crippen LogP contribution in [0.5, 0.6) is 0 Å². The van der Waals surface area contributed by atoms with Crippen molar-refractivity contribution in [3.63, 3.8) is 0 Å². The zero-order valence-electron chi connectivity index (χ0n) is 14.6. The number of carbonyl (C=O) groups is 2. The van der Waals surface area contributed by atoms with Crippen LogP contribution >= 0.6 is 15.9 Å². The van der Waals surface area contributed by atoms with Crippen molar-refractivity contribution < 1.29 is 9.59 Å². The van der Waals surface area contributed by atoms with Crippen molar-refractivity contribution in [3.05, 3.63) is 28.7 Å². The molecule has 2 amide bonds. The molecule has 25 heavy (non-hydrogen) atoms. The van der Waals surface area contributed by atoms with Crippen LogP contribution in [0, 0.1) is 0 Å². The summed E-state index contributed by atoms with van der Waals surface area (Å²) in [7, 11) is 2.15. The molecule has 0 bridgehead atoms. The number of piperazine rings is 1. The third kappa shape index (κ3) is 4.67. The highest BCUT2D eigenvalue weighted by Gasteiger charge is 2.39. The molecule has 0 spiro atoms. The number of anilines is 1. The molecule has 0 radical (unpaired) electrons. The molecule has 0 aliphatic carbocycles. The molecule has 0 unspecified atom stereocenters. The number of nitrogens with zero attached hydrogens (tertiary/aromatic N) is 3. The van der Waals surface area contributed by atoms with Crippen LogP contribution in [0.15, 0.2) is 28.7 Å². The van der Waals surface area contributed by atoms with Crippen LogP contribution < -0.4 is 10.2 Å². The van der Waals surface area contributed by atoms with Gasteiger partial charge in [-0.25, -0.2) is 4.90 Å². The number of carbonyl (C=O) groups excluding carboxylic acids is 2. The van der Waals surface area contributed by atoms with Gasteiger partial charge in [0, 0.05) is 30.7 Å². The molecule has 7 heteroatoms. The Morgan fingerprint density at radius 1 is 1.12 bits per heavy atom. The Kier molecular flexibility index (Phi) is 6.22. The lowest BCUT2D eigenvalue weighted by Gasteiger charge is -2.32. The fourth-order valence-electron chi connectivity index (χ4n) is 3.30. The van der Waals surface area contributed by atoms with Crippen LogP contribution in [0.4, 0.5) is 5.69 Å². The molecule has 2 saturated heterocycles. The summed E-state index contributed by atoms with van der Waals surface area (Å²) in [6.45, 7) is 6.23. The largest absolute Gasteiger partial charge is 0.305 e. The summed E-state index contributed by atoms with van der Waals surface area (Å²) < 4.78 is 0.925. The third-order valence-electron chi connectivity index (χ3n) is 4.87. The molecule has 2 aliphatic heterocycles. The predicted octanol–water partition coefficient (Wildman–Crippen LogP) is 1.31. The number of amides is 2. The van der Waals surface area contributed by atoms with E-state index in [0.717, 1.165) is 50.2 Å². The molecular weight excluding hydrogens is 384 g/mol. The maximum atomic E-state index is 12.5. The minimum absolute atomic E-state index is 0.135. The molecule has 2 heterocycles. The lowest BCUT2D eigenvalue weighted by molar-refractivity contribution is -0.121. The predicted molar refractivity (Wildman–Crippen MR) is 102 cm³/mol. The van der Waals surface area contributed by atoms with E-state index in [9.17, 15) is 9.59 Å². The van der Waals surface area contributed by atoms with Gasteiger partial charge in [-0.3, -0.25) is 9.59 Å². The van der Waals surface area contributed by atoms with Crippen molar-refractivity contribution in [2.75, 3.05) is 51.2 Å². The van der Waals surface area contributed by atoms with E-state index in [4.69, 9.17) is 0 Å². The van der Waals surface area contributed by atoms with Crippen LogP contribution in [0.25, 0.3) is 0 Å². The Labute approximate surface area is 157 Å². The Hall–Kier alpha value is -1.28. The standard InChI is InChI=1S/C18H25BrN4O2/c1-21-9-11-22(12-10-21)8-2-7-20-16-13-17(24)23(18(16)25)15-5-3-14(19)4-6-15/h3-6,16,20H,2,7-13H2,1H3/t16-/m0/s1. The lowest BCUT2D eigenvalue weighted by atomic mass is 10.2. The van der Waals surface area contributed by atoms with Gasteiger partial charge in [-0.2, -0.15) is 0 Å². The van der Waals surface area contributed by atoms with Gasteiger partial charge < -0.3 is 15.1 Å². The second-order valence-corrected chi connectivity index (χ2v) is 7.67. The highest BCUT2D eigenvalue weighted by Crippen LogP contribution is 2.24. The zero-order chi connectivity index (χ0) is 17.8. The number of imide groups is 1. The Bertz CT molecular complexity index is 614. The molecule has 0 saturated carbocycles. The van der Waals surface area contributed by atoms with E-state index in [2.05, 4.69) is 38.1 Å². The fourth-order valence-corrected chi connectivity index (χ4v) is 3.57. The van der Waals surface area contributed by atoms with Gasteiger partial charge in [-0.15, -0.1) is 0 Å². The summed E-state index contributed by atoms with van der Waals surface area (Å²) in [5, 5.41) is 3.26. The minimum Gasteiger partial charge on any atom is -0.305 e. The highest BCUT2D eigenvalue weighted by molar-refractivity contribution is 9.10. The van der Waals surface area contributed by atoms with Crippen molar-refractivity contribution in [3.8, 4) is 0 Å². The summed E-state index contributed by atoms with van der Waals surface area (Å²) in [6.07, 6.45) is 1.23. The summed E-state index contributed by atoms with van der Waals surface area (Å²) in [6, 6.07) is 6.86. The summed E-state index contributed by atoms with van der Waals surface area (Å²) in [4.78, 5) is 30.9. The normalized spacial score (nSPS) is 22.8. The van der Waals surface area contributed by atoms with Gasteiger partial charge in [0.05, 0.1) is 18.2 Å². The van der Waals surface area contributed by atoms with Crippen molar-refractivity contribution in [2.24, 2.45) is 0 Å². The number of rotatable bonds is 6. The monoisotopic (exact) mass is 408 g/mol. The van der Waals surface area contributed by atoms with Gasteiger partial charge in [-0.1, -0.05) is 15.9 Å². The van der Waals surface area contributed by atoms with Crippen molar-refractivity contribution in [1.29, 1.82) is 0 Å². The smallest absolute Gasteiger partial charge is 0.251 e. The van der Waals surface area contributed by atoms with Crippen molar-refractivity contribution in [1.82, 2.24) is 15.1 Å². The van der Waals surface area contributed by atoms with Gasteiger partial charge in [0.2, 0.25) is 5.91 Å². The van der Waals surface area contributed by atoms with Gasteiger partial charge in [0.15, 0.2) is 0 Å². The highest BCUT2D eigenvalue weighted by atomic mass is 79.9. The number of halogens is 1. The number of hydrogen-bond donors (Lipinski definition) is 1. The topological polar surface area (TPSA) is 55.9 Å². The molecular formula is C18H25BrN4O2. The lowest BCUT2D eigenvalue weighted by Crippen LogP contribution is -2.45. The van der Waals surface area contributed by atoms with Gasteiger partial charge in [0.1, 0.15) is 0 Å². The Morgan fingerprint density at radius 3 is 2.48 bits per heavy atom.